The zero-order valence-electron chi connectivity index (χ0n) is 12.3. The molecule has 0 spiro atoms. The lowest BCUT2D eigenvalue weighted by Gasteiger charge is -2.20. The minimum absolute atomic E-state index is 0.0431. The Balaban J connectivity index is 2.42. The van der Waals surface area contributed by atoms with E-state index in [1.807, 2.05) is 0 Å². The summed E-state index contributed by atoms with van der Waals surface area (Å²) in [4.78, 5) is 16.6. The summed E-state index contributed by atoms with van der Waals surface area (Å²) in [6, 6.07) is 3.33. The van der Waals surface area contributed by atoms with Crippen molar-refractivity contribution in [3.8, 4) is 0 Å². The van der Waals surface area contributed by atoms with Crippen LogP contribution in [0.1, 0.15) is 26.7 Å². The van der Waals surface area contributed by atoms with E-state index in [1.165, 1.54) is 12.1 Å². The van der Waals surface area contributed by atoms with Gasteiger partial charge in [-0.2, -0.15) is 0 Å². The number of pyridine rings is 1. The molecule has 7 nitrogen and oxygen atoms in total. The molecule has 20 heavy (non-hydrogen) atoms. The van der Waals surface area contributed by atoms with Gasteiger partial charge in [0.15, 0.2) is 0 Å². The second-order valence-corrected chi connectivity index (χ2v) is 5.07. The Morgan fingerprint density at radius 2 is 2.15 bits per heavy atom. The number of nitrogens with one attached hydrogen (secondary N) is 1. The third-order valence-electron chi connectivity index (χ3n) is 3.20. The number of hydrogen-bond donors (Lipinski definition) is 2. The molecule has 1 heterocycles. The van der Waals surface area contributed by atoms with Crippen LogP contribution in [0, 0.1) is 10.1 Å². The van der Waals surface area contributed by atoms with E-state index in [4.69, 9.17) is 5.73 Å². The molecule has 7 heteroatoms. The molecule has 0 radical (unpaired) electrons. The number of nitrogens with zero attached hydrogens (tertiary/aromatic N) is 3. The van der Waals surface area contributed by atoms with Gasteiger partial charge in [0.05, 0.1) is 4.92 Å². The van der Waals surface area contributed by atoms with E-state index < -0.39 is 4.92 Å². The van der Waals surface area contributed by atoms with Crippen LogP contribution >= 0.6 is 0 Å². The van der Waals surface area contributed by atoms with E-state index in [9.17, 15) is 10.1 Å². The van der Waals surface area contributed by atoms with Gasteiger partial charge in [0.1, 0.15) is 5.82 Å². The van der Waals surface area contributed by atoms with Crippen LogP contribution in [0.15, 0.2) is 12.1 Å². The van der Waals surface area contributed by atoms with Crippen molar-refractivity contribution in [2.75, 3.05) is 31.2 Å². The summed E-state index contributed by atoms with van der Waals surface area (Å²) in [6.07, 6.45) is 1.95. The topological polar surface area (TPSA) is 97.3 Å². The highest BCUT2D eigenvalue weighted by Crippen LogP contribution is 2.22. The minimum Gasteiger partial charge on any atom is -0.384 e. The predicted octanol–water partition coefficient (Wildman–Crippen LogP) is 2.10. The van der Waals surface area contributed by atoms with Crippen molar-refractivity contribution in [2.24, 2.45) is 0 Å². The second kappa shape index (κ2) is 7.64. The normalized spacial score (nSPS) is 11.1. The first-order valence-corrected chi connectivity index (χ1v) is 6.77. The quantitative estimate of drug-likeness (QED) is 0.430. The van der Waals surface area contributed by atoms with Crippen molar-refractivity contribution < 1.29 is 4.92 Å². The average molecular weight is 281 g/mol. The van der Waals surface area contributed by atoms with Crippen molar-refractivity contribution >= 4 is 17.3 Å². The molecule has 0 saturated heterocycles. The van der Waals surface area contributed by atoms with Crippen LogP contribution in [0.2, 0.25) is 0 Å². The number of unbranched alkanes of at least 4 members (excludes halogenated alkanes) is 1. The first-order valence-electron chi connectivity index (χ1n) is 6.77. The first-order chi connectivity index (χ1) is 9.41. The number of rotatable bonds is 8. The lowest BCUT2D eigenvalue weighted by molar-refractivity contribution is -0.384. The Labute approximate surface area is 119 Å². The summed E-state index contributed by atoms with van der Waals surface area (Å²) in [7, 11) is 2.09. The lowest BCUT2D eigenvalue weighted by Crippen LogP contribution is -2.27. The molecule has 0 aliphatic heterocycles. The zero-order chi connectivity index (χ0) is 15.1. The van der Waals surface area contributed by atoms with E-state index in [0.717, 1.165) is 19.4 Å². The number of nitro groups is 1. The predicted molar refractivity (Wildman–Crippen MR) is 80.8 cm³/mol. The van der Waals surface area contributed by atoms with Crippen LogP contribution in [0.25, 0.3) is 0 Å². The first kappa shape index (κ1) is 16.2. The van der Waals surface area contributed by atoms with Crippen molar-refractivity contribution in [1.82, 2.24) is 9.88 Å². The summed E-state index contributed by atoms with van der Waals surface area (Å²) < 4.78 is 0. The molecular weight excluding hydrogens is 258 g/mol. The van der Waals surface area contributed by atoms with Crippen LogP contribution in [0.3, 0.4) is 0 Å². The van der Waals surface area contributed by atoms with Crippen LogP contribution in [-0.2, 0) is 0 Å². The SMILES string of the molecule is CC(C)N(C)CCCCNc1nc(N)ccc1[N+](=O)[O-]. The van der Waals surface area contributed by atoms with Gasteiger partial charge >= 0.3 is 5.69 Å². The average Bonchev–Trinajstić information content (AvgIpc) is 2.37. The van der Waals surface area contributed by atoms with Crippen LogP contribution < -0.4 is 11.1 Å². The van der Waals surface area contributed by atoms with E-state index >= 15 is 0 Å². The highest BCUT2D eigenvalue weighted by molar-refractivity contribution is 5.59. The largest absolute Gasteiger partial charge is 0.384 e. The van der Waals surface area contributed by atoms with Crippen LogP contribution in [0.4, 0.5) is 17.3 Å². The fourth-order valence-electron chi connectivity index (χ4n) is 1.70. The molecule has 0 aliphatic carbocycles. The molecule has 112 valence electrons. The molecule has 0 atom stereocenters. The summed E-state index contributed by atoms with van der Waals surface area (Å²) in [5, 5.41) is 13.9. The third kappa shape index (κ3) is 5.00. The molecule has 0 fully saturated rings. The molecule has 0 unspecified atom stereocenters. The smallest absolute Gasteiger partial charge is 0.311 e. The second-order valence-electron chi connectivity index (χ2n) is 5.07. The lowest BCUT2D eigenvalue weighted by atomic mass is 10.2. The maximum atomic E-state index is 10.9. The van der Waals surface area contributed by atoms with E-state index in [1.54, 1.807) is 0 Å². The van der Waals surface area contributed by atoms with Crippen molar-refractivity contribution in [3.05, 3.63) is 22.2 Å². The number of nitrogen functional groups attached to an aromatic ring is 1. The van der Waals surface area contributed by atoms with Gasteiger partial charge in [-0.25, -0.2) is 4.98 Å². The summed E-state index contributed by atoms with van der Waals surface area (Å²) in [5.41, 5.74) is 5.51. The molecular formula is C13H23N5O2. The maximum absolute atomic E-state index is 10.9. The molecule has 0 bridgehead atoms. The number of anilines is 2. The van der Waals surface area contributed by atoms with Gasteiger partial charge in [0.25, 0.3) is 0 Å². The van der Waals surface area contributed by atoms with Gasteiger partial charge in [-0.1, -0.05) is 0 Å². The van der Waals surface area contributed by atoms with Crippen molar-refractivity contribution in [3.63, 3.8) is 0 Å². The molecule has 3 N–H and O–H groups in total. The van der Waals surface area contributed by atoms with Crippen LogP contribution in [-0.4, -0.2) is 41.0 Å². The fraction of sp³-hybridized carbons (Fsp3) is 0.615. The van der Waals surface area contributed by atoms with Crippen molar-refractivity contribution in [1.29, 1.82) is 0 Å². The highest BCUT2D eigenvalue weighted by atomic mass is 16.6. The number of hydrogen-bond acceptors (Lipinski definition) is 6. The molecule has 0 saturated carbocycles. The Bertz CT molecular complexity index is 450. The molecule has 1 aromatic rings. The van der Waals surface area contributed by atoms with Crippen LogP contribution in [0.5, 0.6) is 0 Å². The van der Waals surface area contributed by atoms with Gasteiger partial charge < -0.3 is 16.0 Å². The molecule has 0 aromatic carbocycles. The number of nitrogens with two attached hydrogens (primary N) is 1. The zero-order valence-corrected chi connectivity index (χ0v) is 12.3. The highest BCUT2D eigenvalue weighted by Gasteiger charge is 2.14. The molecule has 1 aromatic heterocycles. The van der Waals surface area contributed by atoms with Gasteiger partial charge in [-0.15, -0.1) is 0 Å². The minimum atomic E-state index is -0.457. The summed E-state index contributed by atoms with van der Waals surface area (Å²) in [6.45, 7) is 5.95. The Morgan fingerprint density at radius 1 is 1.45 bits per heavy atom. The Kier molecular flexibility index (Phi) is 6.17. The van der Waals surface area contributed by atoms with Gasteiger partial charge in [-0.3, -0.25) is 10.1 Å². The molecule has 0 aliphatic rings. The van der Waals surface area contributed by atoms with E-state index in [2.05, 4.69) is 36.1 Å². The number of aromatic nitrogens is 1. The fourth-order valence-corrected chi connectivity index (χ4v) is 1.70. The third-order valence-corrected chi connectivity index (χ3v) is 3.20. The summed E-state index contributed by atoms with van der Waals surface area (Å²) in [5.74, 6) is 0.518. The van der Waals surface area contributed by atoms with Gasteiger partial charge in [-0.05, 0) is 46.3 Å². The summed E-state index contributed by atoms with van der Waals surface area (Å²) >= 11 is 0. The molecule has 0 amide bonds. The van der Waals surface area contributed by atoms with E-state index in [0.29, 0.717) is 12.6 Å². The van der Waals surface area contributed by atoms with E-state index in [-0.39, 0.29) is 17.3 Å². The Hall–Kier alpha value is -1.89. The van der Waals surface area contributed by atoms with Gasteiger partial charge in [0.2, 0.25) is 5.82 Å². The van der Waals surface area contributed by atoms with Crippen molar-refractivity contribution in [2.45, 2.75) is 32.7 Å². The Morgan fingerprint density at radius 3 is 2.75 bits per heavy atom. The standard InChI is InChI=1S/C13H23N5O2/c1-10(2)17(3)9-5-4-8-15-13-11(18(19)20)6-7-12(14)16-13/h6-7,10H,4-5,8-9H2,1-3H3,(H3,14,15,16). The molecule has 1 rings (SSSR count). The van der Waals surface area contributed by atoms with Gasteiger partial charge in [0, 0.05) is 18.7 Å². The monoisotopic (exact) mass is 281 g/mol. The maximum Gasteiger partial charge on any atom is 0.311 e.